The average molecular weight is 298 g/mol. The fraction of sp³-hybridized carbons (Fsp3) is 0.429. The van der Waals surface area contributed by atoms with Crippen LogP contribution in [0.15, 0.2) is 12.1 Å². The van der Waals surface area contributed by atoms with Crippen LogP contribution in [0.5, 0.6) is 17.2 Å². The lowest BCUT2D eigenvalue weighted by atomic mass is 10.1. The smallest absolute Gasteiger partial charge is 0.335 e. The molecule has 0 aliphatic rings. The van der Waals surface area contributed by atoms with E-state index in [4.69, 9.17) is 19.3 Å². The average Bonchev–Trinajstić information content (AvgIpc) is 2.43. The van der Waals surface area contributed by atoms with Gasteiger partial charge in [0.1, 0.15) is 29.4 Å². The van der Waals surface area contributed by atoms with E-state index in [0.717, 1.165) is 0 Å². The molecule has 0 aromatic heterocycles. The lowest BCUT2D eigenvalue weighted by Gasteiger charge is -2.20. The van der Waals surface area contributed by atoms with Crippen molar-refractivity contribution in [1.82, 2.24) is 0 Å². The Morgan fingerprint density at radius 2 is 1.81 bits per heavy atom. The van der Waals surface area contributed by atoms with E-state index >= 15 is 0 Å². The summed E-state index contributed by atoms with van der Waals surface area (Å²) in [5.74, 6) is -1.67. The van der Waals surface area contributed by atoms with Gasteiger partial charge in [-0.3, -0.25) is 4.79 Å². The molecule has 0 unspecified atom stereocenters. The zero-order chi connectivity index (χ0) is 16.2. The van der Waals surface area contributed by atoms with Crippen molar-refractivity contribution in [3.05, 3.63) is 17.7 Å². The van der Waals surface area contributed by atoms with Gasteiger partial charge in [-0.05, 0) is 13.8 Å². The van der Waals surface area contributed by atoms with Gasteiger partial charge in [0.15, 0.2) is 11.4 Å². The summed E-state index contributed by atoms with van der Waals surface area (Å²) in [6, 6.07) is 2.70. The quantitative estimate of drug-likeness (QED) is 0.735. The molecule has 0 aliphatic carbocycles. The van der Waals surface area contributed by atoms with Crippen molar-refractivity contribution in [3.8, 4) is 17.2 Å². The van der Waals surface area contributed by atoms with Crippen molar-refractivity contribution in [3.63, 3.8) is 0 Å². The zero-order valence-electron chi connectivity index (χ0n) is 12.3. The summed E-state index contributed by atoms with van der Waals surface area (Å²) in [5.41, 5.74) is -1.59. The summed E-state index contributed by atoms with van der Waals surface area (Å²) >= 11 is 0. The molecule has 1 aromatic rings. The lowest BCUT2D eigenvalue weighted by molar-refractivity contribution is -0.159. The minimum atomic E-state index is -1.51. The van der Waals surface area contributed by atoms with Crippen LogP contribution < -0.4 is 9.47 Å². The molecule has 0 aliphatic heterocycles. The first-order chi connectivity index (χ1) is 9.72. The molecule has 2 N–H and O–H groups in total. The summed E-state index contributed by atoms with van der Waals surface area (Å²) in [4.78, 5) is 23.0. The van der Waals surface area contributed by atoms with Crippen molar-refractivity contribution in [2.45, 2.75) is 19.4 Å². The number of hydrogen-bond donors (Lipinski definition) is 2. The number of aromatic hydroxyl groups is 1. The van der Waals surface area contributed by atoms with Gasteiger partial charge in [0.2, 0.25) is 0 Å². The number of aliphatic carboxylic acids is 1. The molecule has 1 aromatic carbocycles. The number of hydrogen-bond acceptors (Lipinski definition) is 6. The van der Waals surface area contributed by atoms with E-state index in [1.165, 1.54) is 40.2 Å². The third-order valence-corrected chi connectivity index (χ3v) is 2.87. The van der Waals surface area contributed by atoms with E-state index in [-0.39, 0.29) is 17.1 Å². The number of phenolic OH excluding ortho intramolecular Hbond substituents is 1. The van der Waals surface area contributed by atoms with Crippen LogP contribution in [-0.4, -0.2) is 48.4 Å². The molecule has 0 radical (unpaired) electrons. The van der Waals surface area contributed by atoms with Gasteiger partial charge in [-0.1, -0.05) is 0 Å². The van der Waals surface area contributed by atoms with Crippen LogP contribution in [0.25, 0.3) is 0 Å². The highest BCUT2D eigenvalue weighted by Crippen LogP contribution is 2.33. The molecule has 0 amide bonds. The molecule has 1 rings (SSSR count). The standard InChI is InChI=1S/C14H18O7/c1-14(2,13(17)18)21-7-10(16)12-9(15)5-8(19-3)6-11(12)20-4/h5-6,15H,7H2,1-4H3,(H,17,18). The van der Waals surface area contributed by atoms with Gasteiger partial charge in [0, 0.05) is 12.1 Å². The molecule has 0 saturated carbocycles. The largest absolute Gasteiger partial charge is 0.507 e. The third kappa shape index (κ3) is 3.85. The van der Waals surface area contributed by atoms with Crippen LogP contribution in [0.2, 0.25) is 0 Å². The predicted octanol–water partition coefficient (Wildman–Crippen LogP) is 1.47. The van der Waals surface area contributed by atoms with Crippen LogP contribution in [-0.2, 0) is 9.53 Å². The number of carbonyl (C=O) groups is 2. The van der Waals surface area contributed by atoms with Gasteiger partial charge in [-0.2, -0.15) is 0 Å². The summed E-state index contributed by atoms with van der Waals surface area (Å²) in [5, 5.41) is 18.8. The van der Waals surface area contributed by atoms with Crippen LogP contribution in [0.1, 0.15) is 24.2 Å². The van der Waals surface area contributed by atoms with Crippen molar-refractivity contribution >= 4 is 11.8 Å². The summed E-state index contributed by atoms with van der Waals surface area (Å²) in [7, 11) is 2.75. The second-order valence-corrected chi connectivity index (χ2v) is 4.75. The SMILES string of the molecule is COc1cc(O)c(C(=O)COC(C)(C)C(=O)O)c(OC)c1. The topological polar surface area (TPSA) is 102 Å². The van der Waals surface area contributed by atoms with Gasteiger partial charge in [-0.25, -0.2) is 4.79 Å². The Morgan fingerprint density at radius 1 is 1.19 bits per heavy atom. The fourth-order valence-electron chi connectivity index (χ4n) is 1.52. The van der Waals surface area contributed by atoms with E-state index in [1.54, 1.807) is 0 Å². The number of carbonyl (C=O) groups excluding carboxylic acids is 1. The number of rotatable bonds is 7. The van der Waals surface area contributed by atoms with E-state index in [1.807, 2.05) is 0 Å². The number of Topliss-reactive ketones (excluding diaryl/α,β-unsaturated/α-hetero) is 1. The number of phenols is 1. The number of ether oxygens (including phenoxy) is 3. The van der Waals surface area contributed by atoms with Gasteiger partial charge in [0.05, 0.1) is 14.2 Å². The van der Waals surface area contributed by atoms with Crippen LogP contribution in [0.3, 0.4) is 0 Å². The van der Waals surface area contributed by atoms with Crippen LogP contribution in [0.4, 0.5) is 0 Å². The Bertz CT molecular complexity index is 548. The molecule has 0 bridgehead atoms. The van der Waals surface area contributed by atoms with Crippen molar-refractivity contribution < 1.29 is 34.0 Å². The summed E-state index contributed by atoms with van der Waals surface area (Å²) < 4.78 is 15.1. The maximum absolute atomic E-state index is 12.1. The Labute approximate surface area is 122 Å². The molecule has 0 heterocycles. The van der Waals surface area contributed by atoms with Crippen molar-refractivity contribution in [2.24, 2.45) is 0 Å². The molecular weight excluding hydrogens is 280 g/mol. The minimum Gasteiger partial charge on any atom is -0.507 e. The molecular formula is C14H18O7. The highest BCUT2D eigenvalue weighted by molar-refractivity contribution is 6.02. The number of ketones is 1. The van der Waals surface area contributed by atoms with E-state index in [9.17, 15) is 14.7 Å². The Kier molecular flexibility index (Phi) is 5.15. The summed E-state index contributed by atoms with van der Waals surface area (Å²) in [6.45, 7) is 2.15. The highest BCUT2D eigenvalue weighted by Gasteiger charge is 2.30. The van der Waals surface area contributed by atoms with Gasteiger partial charge in [-0.15, -0.1) is 0 Å². The Morgan fingerprint density at radius 3 is 2.29 bits per heavy atom. The third-order valence-electron chi connectivity index (χ3n) is 2.87. The van der Waals surface area contributed by atoms with Crippen LogP contribution in [0, 0.1) is 0 Å². The maximum Gasteiger partial charge on any atom is 0.335 e. The number of methoxy groups -OCH3 is 2. The van der Waals surface area contributed by atoms with Gasteiger partial charge >= 0.3 is 5.97 Å². The lowest BCUT2D eigenvalue weighted by Crippen LogP contribution is -2.36. The first-order valence-corrected chi connectivity index (χ1v) is 6.08. The number of carboxylic acid groups (broad SMARTS) is 1. The summed E-state index contributed by atoms with van der Waals surface area (Å²) in [6.07, 6.45) is 0. The predicted molar refractivity (Wildman–Crippen MR) is 73.2 cm³/mol. The molecule has 116 valence electrons. The molecule has 7 nitrogen and oxygen atoms in total. The maximum atomic E-state index is 12.1. The molecule has 7 heteroatoms. The molecule has 21 heavy (non-hydrogen) atoms. The van der Waals surface area contributed by atoms with E-state index in [2.05, 4.69) is 0 Å². The molecule has 0 saturated heterocycles. The van der Waals surface area contributed by atoms with Gasteiger partial charge in [0.25, 0.3) is 0 Å². The first-order valence-electron chi connectivity index (χ1n) is 6.08. The normalized spacial score (nSPS) is 11.0. The van der Waals surface area contributed by atoms with Crippen LogP contribution >= 0.6 is 0 Å². The van der Waals surface area contributed by atoms with Crippen molar-refractivity contribution in [1.29, 1.82) is 0 Å². The monoisotopic (exact) mass is 298 g/mol. The van der Waals surface area contributed by atoms with E-state index < -0.39 is 24.0 Å². The Hall–Kier alpha value is -2.28. The van der Waals surface area contributed by atoms with Gasteiger partial charge < -0.3 is 24.4 Å². The molecule has 0 spiro atoms. The zero-order valence-corrected chi connectivity index (χ0v) is 12.3. The van der Waals surface area contributed by atoms with E-state index in [0.29, 0.717) is 5.75 Å². The minimum absolute atomic E-state index is 0.0838. The fourth-order valence-corrected chi connectivity index (χ4v) is 1.52. The number of benzene rings is 1. The number of carboxylic acids is 1. The molecule has 0 atom stereocenters. The molecule has 0 fully saturated rings. The van der Waals surface area contributed by atoms with Crippen molar-refractivity contribution in [2.75, 3.05) is 20.8 Å². The first kappa shape index (κ1) is 16.8. The Balaban J connectivity index is 3.00. The second-order valence-electron chi connectivity index (χ2n) is 4.75. The highest BCUT2D eigenvalue weighted by atomic mass is 16.5. The second kappa shape index (κ2) is 6.45.